The molecule has 0 saturated carbocycles. The number of hydrogen-bond donors (Lipinski definition) is 2. The van der Waals surface area contributed by atoms with Crippen molar-refractivity contribution in [2.45, 2.75) is 6.54 Å². The highest BCUT2D eigenvalue weighted by Crippen LogP contribution is 2.19. The highest BCUT2D eigenvalue weighted by atomic mass is 79.9. The third kappa shape index (κ3) is 3.45. The van der Waals surface area contributed by atoms with E-state index in [1.54, 1.807) is 25.6 Å². The monoisotopic (exact) mass is 337 g/mol. The van der Waals surface area contributed by atoms with E-state index < -0.39 is 5.97 Å². The fourth-order valence-electron chi connectivity index (χ4n) is 1.57. The number of aromatic nitrogens is 2. The van der Waals surface area contributed by atoms with Crippen LogP contribution in [0, 0.1) is 0 Å². The topological polar surface area (TPSA) is 84.3 Å². The number of carboxylic acids is 1. The molecule has 0 aliphatic carbocycles. The van der Waals surface area contributed by atoms with E-state index in [-0.39, 0.29) is 5.56 Å². The molecule has 0 unspecified atom stereocenters. The summed E-state index contributed by atoms with van der Waals surface area (Å²) in [4.78, 5) is 19.3. The second kappa shape index (κ2) is 6.33. The van der Waals surface area contributed by atoms with Crippen molar-refractivity contribution < 1.29 is 14.6 Å². The van der Waals surface area contributed by atoms with Crippen molar-refractivity contribution in [1.82, 2.24) is 9.97 Å². The van der Waals surface area contributed by atoms with Crippen LogP contribution in [-0.2, 0) is 6.54 Å². The number of nitrogens with zero attached hydrogens (tertiary/aromatic N) is 2. The molecule has 0 aliphatic heterocycles. The number of carbonyl (C=O) groups is 1. The van der Waals surface area contributed by atoms with Gasteiger partial charge in [0.2, 0.25) is 5.88 Å². The Morgan fingerprint density at radius 2 is 2.20 bits per heavy atom. The van der Waals surface area contributed by atoms with Crippen LogP contribution in [0.15, 0.2) is 35.1 Å². The summed E-state index contributed by atoms with van der Waals surface area (Å²) in [5, 5.41) is 12.1. The van der Waals surface area contributed by atoms with Crippen molar-refractivity contribution in [3.05, 3.63) is 46.2 Å². The molecule has 0 atom stereocenters. The van der Waals surface area contributed by atoms with Gasteiger partial charge in [0.25, 0.3) is 0 Å². The highest BCUT2D eigenvalue weighted by molar-refractivity contribution is 9.10. The molecule has 0 aliphatic rings. The first kappa shape index (κ1) is 14.3. The molecular weight excluding hydrogens is 326 g/mol. The predicted octanol–water partition coefficient (Wildman–Crippen LogP) is 2.56. The van der Waals surface area contributed by atoms with Crippen LogP contribution in [0.4, 0.5) is 5.82 Å². The van der Waals surface area contributed by atoms with Gasteiger partial charge in [0.1, 0.15) is 11.4 Å². The summed E-state index contributed by atoms with van der Waals surface area (Å²) in [6.45, 7) is 0.423. The van der Waals surface area contributed by atoms with Crippen molar-refractivity contribution in [3.8, 4) is 5.88 Å². The Kier molecular flexibility index (Phi) is 4.52. The van der Waals surface area contributed by atoms with Gasteiger partial charge in [0.05, 0.1) is 7.11 Å². The molecule has 0 amide bonds. The normalized spacial score (nSPS) is 10.1. The molecule has 0 bridgehead atoms. The lowest BCUT2D eigenvalue weighted by Crippen LogP contribution is -2.08. The summed E-state index contributed by atoms with van der Waals surface area (Å²) in [5.74, 6) is -0.188. The molecule has 20 heavy (non-hydrogen) atoms. The standard InChI is InChI=1S/C13H12BrN3O3/c1-20-11-3-2-8(5-15-11)6-16-12-10(13(18)19)4-9(14)7-17-12/h2-5,7H,6H2,1H3,(H,16,17)(H,18,19). The van der Waals surface area contributed by atoms with Crippen molar-refractivity contribution in [3.63, 3.8) is 0 Å². The lowest BCUT2D eigenvalue weighted by molar-refractivity contribution is 0.0697. The van der Waals surface area contributed by atoms with E-state index in [1.165, 1.54) is 6.07 Å². The summed E-state index contributed by atoms with van der Waals surface area (Å²) in [6.07, 6.45) is 3.20. The fourth-order valence-corrected chi connectivity index (χ4v) is 1.90. The largest absolute Gasteiger partial charge is 0.481 e. The average molecular weight is 338 g/mol. The Morgan fingerprint density at radius 1 is 1.40 bits per heavy atom. The van der Waals surface area contributed by atoms with Crippen molar-refractivity contribution in [2.75, 3.05) is 12.4 Å². The minimum atomic E-state index is -1.03. The first-order chi connectivity index (χ1) is 9.60. The molecule has 0 spiro atoms. The number of rotatable bonds is 5. The molecule has 0 radical (unpaired) electrons. The molecule has 0 saturated heterocycles. The smallest absolute Gasteiger partial charge is 0.339 e. The van der Waals surface area contributed by atoms with Gasteiger partial charge >= 0.3 is 5.97 Å². The number of hydrogen-bond acceptors (Lipinski definition) is 5. The van der Waals surface area contributed by atoms with E-state index >= 15 is 0 Å². The van der Waals surface area contributed by atoms with Gasteiger partial charge < -0.3 is 15.2 Å². The zero-order valence-electron chi connectivity index (χ0n) is 10.6. The lowest BCUT2D eigenvalue weighted by atomic mass is 10.2. The van der Waals surface area contributed by atoms with Crippen LogP contribution in [0.25, 0.3) is 0 Å². The van der Waals surface area contributed by atoms with Crippen LogP contribution in [0.5, 0.6) is 5.88 Å². The van der Waals surface area contributed by atoms with E-state index in [0.29, 0.717) is 22.7 Å². The number of carboxylic acid groups (broad SMARTS) is 1. The van der Waals surface area contributed by atoms with Crippen molar-refractivity contribution in [1.29, 1.82) is 0 Å². The Labute approximate surface area is 124 Å². The summed E-state index contributed by atoms with van der Waals surface area (Å²) in [6, 6.07) is 5.09. The summed E-state index contributed by atoms with van der Waals surface area (Å²) < 4.78 is 5.59. The molecular formula is C13H12BrN3O3. The van der Waals surface area contributed by atoms with Crippen LogP contribution < -0.4 is 10.1 Å². The summed E-state index contributed by atoms with van der Waals surface area (Å²) >= 11 is 3.20. The number of halogens is 1. The molecule has 2 aromatic heterocycles. The summed E-state index contributed by atoms with van der Waals surface area (Å²) in [7, 11) is 1.55. The maximum Gasteiger partial charge on any atom is 0.339 e. The van der Waals surface area contributed by atoms with Gasteiger partial charge in [-0.25, -0.2) is 14.8 Å². The Bertz CT molecular complexity index is 617. The Morgan fingerprint density at radius 3 is 2.80 bits per heavy atom. The second-order valence-corrected chi connectivity index (χ2v) is 4.83. The zero-order valence-corrected chi connectivity index (χ0v) is 12.2. The molecule has 0 fully saturated rings. The minimum Gasteiger partial charge on any atom is -0.481 e. The molecule has 2 heterocycles. The van der Waals surface area contributed by atoms with E-state index in [2.05, 4.69) is 31.2 Å². The van der Waals surface area contributed by atoms with E-state index in [9.17, 15) is 4.79 Å². The number of anilines is 1. The average Bonchev–Trinajstić information content (AvgIpc) is 2.46. The molecule has 6 nitrogen and oxygen atoms in total. The van der Waals surface area contributed by atoms with Crippen LogP contribution in [-0.4, -0.2) is 28.2 Å². The van der Waals surface area contributed by atoms with Crippen LogP contribution >= 0.6 is 15.9 Å². The van der Waals surface area contributed by atoms with Gasteiger partial charge in [-0.1, -0.05) is 6.07 Å². The van der Waals surface area contributed by atoms with Gasteiger partial charge in [-0.05, 0) is 27.6 Å². The lowest BCUT2D eigenvalue weighted by Gasteiger charge is -2.09. The number of nitrogens with one attached hydrogen (secondary N) is 1. The van der Waals surface area contributed by atoms with Gasteiger partial charge in [-0.3, -0.25) is 0 Å². The molecule has 2 aromatic rings. The van der Waals surface area contributed by atoms with Crippen molar-refractivity contribution in [2.24, 2.45) is 0 Å². The number of ether oxygens (including phenoxy) is 1. The first-order valence-corrected chi connectivity index (χ1v) is 6.51. The van der Waals surface area contributed by atoms with Gasteiger partial charge in [-0.2, -0.15) is 0 Å². The number of pyridine rings is 2. The second-order valence-electron chi connectivity index (χ2n) is 3.92. The molecule has 0 aromatic carbocycles. The fraction of sp³-hybridized carbons (Fsp3) is 0.154. The molecule has 104 valence electrons. The number of methoxy groups -OCH3 is 1. The van der Waals surface area contributed by atoms with Crippen LogP contribution in [0.1, 0.15) is 15.9 Å². The van der Waals surface area contributed by atoms with Crippen LogP contribution in [0.3, 0.4) is 0 Å². The highest BCUT2D eigenvalue weighted by Gasteiger charge is 2.11. The van der Waals surface area contributed by atoms with E-state index in [0.717, 1.165) is 5.56 Å². The van der Waals surface area contributed by atoms with E-state index in [4.69, 9.17) is 9.84 Å². The number of aromatic carboxylic acids is 1. The quantitative estimate of drug-likeness (QED) is 0.872. The van der Waals surface area contributed by atoms with Gasteiger partial charge in [0.15, 0.2) is 0 Å². The SMILES string of the molecule is COc1ccc(CNc2ncc(Br)cc2C(=O)O)cn1. The van der Waals surface area contributed by atoms with Crippen molar-refractivity contribution >= 4 is 27.7 Å². The first-order valence-electron chi connectivity index (χ1n) is 5.72. The van der Waals surface area contributed by atoms with Gasteiger partial charge in [-0.15, -0.1) is 0 Å². The minimum absolute atomic E-state index is 0.112. The third-order valence-electron chi connectivity index (χ3n) is 2.55. The Hall–Kier alpha value is -2.15. The van der Waals surface area contributed by atoms with E-state index in [1.807, 2.05) is 6.07 Å². The maximum absolute atomic E-state index is 11.1. The maximum atomic E-state index is 11.1. The van der Waals surface area contributed by atoms with Crippen LogP contribution in [0.2, 0.25) is 0 Å². The predicted molar refractivity (Wildman–Crippen MR) is 77.0 cm³/mol. The zero-order chi connectivity index (χ0) is 14.5. The molecule has 2 N–H and O–H groups in total. The summed E-state index contributed by atoms with van der Waals surface area (Å²) in [5.41, 5.74) is 1.01. The molecule has 2 rings (SSSR count). The Balaban J connectivity index is 2.12. The molecule has 7 heteroatoms. The third-order valence-corrected chi connectivity index (χ3v) is 2.99. The van der Waals surface area contributed by atoms with Gasteiger partial charge in [0, 0.05) is 29.5 Å².